The number of anilines is 1. The SMILES string of the molecule is COC(=O)c1cn(C2CCN(C(=O)OC(C)(C)C)[C@H](C)C2)c(=O)cc1NC(C)=O. The number of aromatic nitrogens is 1. The molecule has 29 heavy (non-hydrogen) atoms. The molecule has 1 aliphatic rings. The van der Waals surface area contributed by atoms with E-state index >= 15 is 0 Å². The van der Waals surface area contributed by atoms with E-state index in [1.54, 1.807) is 4.90 Å². The summed E-state index contributed by atoms with van der Waals surface area (Å²) in [6, 6.07) is 0.872. The predicted octanol–water partition coefficient (Wildman–Crippen LogP) is 2.55. The van der Waals surface area contributed by atoms with Crippen molar-refractivity contribution in [3.63, 3.8) is 0 Å². The van der Waals surface area contributed by atoms with Crippen LogP contribution in [0.4, 0.5) is 10.5 Å². The molecule has 9 nitrogen and oxygen atoms in total. The highest BCUT2D eigenvalue weighted by Gasteiger charge is 2.33. The molecule has 1 aromatic heterocycles. The van der Waals surface area contributed by atoms with Gasteiger partial charge in [-0.15, -0.1) is 0 Å². The number of hydrogen-bond donors (Lipinski definition) is 1. The first-order valence-corrected chi connectivity index (χ1v) is 9.54. The molecule has 2 rings (SSSR count). The molecule has 1 aliphatic heterocycles. The van der Waals surface area contributed by atoms with Crippen molar-refractivity contribution < 1.29 is 23.9 Å². The molecule has 1 N–H and O–H groups in total. The highest BCUT2D eigenvalue weighted by Crippen LogP contribution is 2.28. The fraction of sp³-hybridized carbons (Fsp3) is 0.600. The van der Waals surface area contributed by atoms with Crippen molar-refractivity contribution in [3.05, 3.63) is 28.2 Å². The van der Waals surface area contributed by atoms with Gasteiger partial charge in [-0.25, -0.2) is 9.59 Å². The van der Waals surface area contributed by atoms with Crippen LogP contribution in [0.2, 0.25) is 0 Å². The number of nitrogens with zero attached hydrogens (tertiary/aromatic N) is 2. The minimum absolute atomic E-state index is 0.101. The van der Waals surface area contributed by atoms with Gasteiger partial charge in [-0.05, 0) is 40.5 Å². The smallest absolute Gasteiger partial charge is 0.410 e. The zero-order chi connectivity index (χ0) is 21.9. The number of esters is 1. The van der Waals surface area contributed by atoms with Gasteiger partial charge >= 0.3 is 12.1 Å². The highest BCUT2D eigenvalue weighted by molar-refractivity contribution is 6.00. The summed E-state index contributed by atoms with van der Waals surface area (Å²) in [5.41, 5.74) is -0.710. The van der Waals surface area contributed by atoms with E-state index in [0.29, 0.717) is 19.4 Å². The molecule has 0 aromatic carbocycles. The van der Waals surface area contributed by atoms with Crippen molar-refractivity contribution in [2.45, 2.75) is 65.1 Å². The van der Waals surface area contributed by atoms with Crippen molar-refractivity contribution in [2.75, 3.05) is 19.0 Å². The summed E-state index contributed by atoms with van der Waals surface area (Å²) in [7, 11) is 1.23. The second-order valence-electron chi connectivity index (χ2n) is 8.22. The molecule has 2 amide bonds. The van der Waals surface area contributed by atoms with E-state index in [-0.39, 0.29) is 35.0 Å². The number of hydrogen-bond acceptors (Lipinski definition) is 6. The van der Waals surface area contributed by atoms with Gasteiger partial charge in [0.15, 0.2) is 0 Å². The summed E-state index contributed by atoms with van der Waals surface area (Å²) in [5, 5.41) is 2.49. The average molecular weight is 407 g/mol. The minimum Gasteiger partial charge on any atom is -0.465 e. The van der Waals surface area contributed by atoms with Gasteiger partial charge in [-0.2, -0.15) is 0 Å². The van der Waals surface area contributed by atoms with Crippen molar-refractivity contribution >= 4 is 23.7 Å². The number of rotatable bonds is 3. The number of ether oxygens (including phenoxy) is 2. The molecule has 160 valence electrons. The number of carbonyl (C=O) groups is 3. The summed E-state index contributed by atoms with van der Waals surface area (Å²) in [6.45, 7) is 9.05. The molecule has 0 aliphatic carbocycles. The molecule has 0 radical (unpaired) electrons. The second kappa shape index (κ2) is 8.67. The van der Waals surface area contributed by atoms with Gasteiger partial charge in [0.2, 0.25) is 5.91 Å². The van der Waals surface area contributed by atoms with Gasteiger partial charge in [-0.1, -0.05) is 0 Å². The lowest BCUT2D eigenvalue weighted by Gasteiger charge is -2.39. The van der Waals surface area contributed by atoms with Crippen LogP contribution in [0.25, 0.3) is 0 Å². The number of amides is 2. The zero-order valence-electron chi connectivity index (χ0n) is 17.8. The van der Waals surface area contributed by atoms with Crippen molar-refractivity contribution in [1.29, 1.82) is 0 Å². The topological polar surface area (TPSA) is 107 Å². The van der Waals surface area contributed by atoms with E-state index in [1.165, 1.54) is 30.9 Å². The van der Waals surface area contributed by atoms with Gasteiger partial charge in [0, 0.05) is 37.8 Å². The van der Waals surface area contributed by atoms with Crippen LogP contribution in [0.3, 0.4) is 0 Å². The maximum Gasteiger partial charge on any atom is 0.410 e. The first kappa shape index (κ1) is 22.4. The Labute approximate surface area is 170 Å². The average Bonchev–Trinajstić information content (AvgIpc) is 2.59. The molecule has 9 heteroatoms. The quantitative estimate of drug-likeness (QED) is 0.772. The van der Waals surface area contributed by atoms with Crippen LogP contribution >= 0.6 is 0 Å². The maximum absolute atomic E-state index is 12.6. The van der Waals surface area contributed by atoms with Gasteiger partial charge in [-0.3, -0.25) is 9.59 Å². The van der Waals surface area contributed by atoms with Crippen LogP contribution in [-0.4, -0.2) is 52.7 Å². The Balaban J connectivity index is 2.27. The largest absolute Gasteiger partial charge is 0.465 e. The third-order valence-corrected chi connectivity index (χ3v) is 4.67. The first-order valence-electron chi connectivity index (χ1n) is 9.54. The lowest BCUT2D eigenvalue weighted by atomic mass is 9.98. The van der Waals surface area contributed by atoms with E-state index in [0.717, 1.165) is 0 Å². The summed E-state index contributed by atoms with van der Waals surface area (Å²) in [6.07, 6.45) is 2.09. The molecule has 1 saturated heterocycles. The van der Waals surface area contributed by atoms with Crippen molar-refractivity contribution in [2.24, 2.45) is 0 Å². The third kappa shape index (κ3) is 5.58. The molecular formula is C20H29N3O6. The van der Waals surface area contributed by atoms with E-state index < -0.39 is 17.5 Å². The molecule has 0 bridgehead atoms. The first-order chi connectivity index (χ1) is 13.4. The van der Waals surface area contributed by atoms with Gasteiger partial charge < -0.3 is 24.3 Å². The summed E-state index contributed by atoms with van der Waals surface area (Å²) in [5.74, 6) is -1.05. The van der Waals surface area contributed by atoms with Gasteiger partial charge in [0.25, 0.3) is 5.56 Å². The molecule has 1 fully saturated rings. The zero-order valence-corrected chi connectivity index (χ0v) is 17.8. The van der Waals surface area contributed by atoms with Crippen molar-refractivity contribution in [3.8, 4) is 0 Å². The molecule has 1 unspecified atom stereocenters. The molecule has 2 heterocycles. The molecule has 2 atom stereocenters. The third-order valence-electron chi connectivity index (χ3n) is 4.67. The number of piperidine rings is 1. The number of pyridine rings is 1. The Kier molecular flexibility index (Phi) is 6.71. The molecule has 1 aromatic rings. The van der Waals surface area contributed by atoms with Crippen LogP contribution < -0.4 is 10.9 Å². The number of methoxy groups -OCH3 is 1. The van der Waals surface area contributed by atoms with Gasteiger partial charge in [0.05, 0.1) is 18.4 Å². The molecule has 0 saturated carbocycles. The Bertz CT molecular complexity index is 855. The highest BCUT2D eigenvalue weighted by atomic mass is 16.6. The normalized spacial score (nSPS) is 19.4. The molecule has 0 spiro atoms. The fourth-order valence-electron chi connectivity index (χ4n) is 3.39. The Morgan fingerprint density at radius 1 is 1.24 bits per heavy atom. The fourth-order valence-corrected chi connectivity index (χ4v) is 3.39. The van der Waals surface area contributed by atoms with Crippen LogP contribution in [-0.2, 0) is 14.3 Å². The standard InChI is InChI=1S/C20H29N3O6/c1-12-9-14(7-8-22(12)19(27)29-20(3,4)5)23-11-15(18(26)28-6)16(10-17(23)25)21-13(2)24/h10-12,14H,7-9H2,1-6H3,(H,21,24)/t12-,14?/m1/s1. The Morgan fingerprint density at radius 2 is 1.90 bits per heavy atom. The summed E-state index contributed by atoms with van der Waals surface area (Å²) < 4.78 is 11.7. The summed E-state index contributed by atoms with van der Waals surface area (Å²) >= 11 is 0. The van der Waals surface area contributed by atoms with E-state index in [1.807, 2.05) is 27.7 Å². The Hall–Kier alpha value is -2.84. The number of likely N-dealkylation sites (tertiary alicyclic amines) is 1. The van der Waals surface area contributed by atoms with Crippen LogP contribution in [0.1, 0.15) is 63.9 Å². The summed E-state index contributed by atoms with van der Waals surface area (Å²) in [4.78, 5) is 50.2. The van der Waals surface area contributed by atoms with Crippen molar-refractivity contribution in [1.82, 2.24) is 9.47 Å². The van der Waals surface area contributed by atoms with E-state index in [2.05, 4.69) is 5.32 Å². The second-order valence-corrected chi connectivity index (χ2v) is 8.22. The lowest BCUT2D eigenvalue weighted by Crippen LogP contribution is -2.48. The van der Waals surface area contributed by atoms with Crippen LogP contribution in [0.15, 0.2) is 17.1 Å². The minimum atomic E-state index is -0.651. The number of carbonyl (C=O) groups excluding carboxylic acids is 3. The van der Waals surface area contributed by atoms with Gasteiger partial charge in [0.1, 0.15) is 5.60 Å². The van der Waals surface area contributed by atoms with Crippen LogP contribution in [0.5, 0.6) is 0 Å². The maximum atomic E-state index is 12.6. The van der Waals surface area contributed by atoms with E-state index in [9.17, 15) is 19.2 Å². The lowest BCUT2D eigenvalue weighted by molar-refractivity contribution is -0.114. The predicted molar refractivity (Wildman–Crippen MR) is 107 cm³/mol. The number of nitrogens with one attached hydrogen (secondary N) is 1. The Morgan fingerprint density at radius 3 is 2.41 bits per heavy atom. The monoisotopic (exact) mass is 407 g/mol. The van der Waals surface area contributed by atoms with E-state index in [4.69, 9.17) is 9.47 Å². The molecular weight excluding hydrogens is 378 g/mol. The van der Waals surface area contributed by atoms with Crippen LogP contribution in [0, 0.1) is 0 Å².